The van der Waals surface area contributed by atoms with Crippen LogP contribution in [0.25, 0.3) is 0 Å². The van der Waals surface area contributed by atoms with Crippen molar-refractivity contribution >= 4 is 11.8 Å². The van der Waals surface area contributed by atoms with E-state index >= 15 is 0 Å². The summed E-state index contributed by atoms with van der Waals surface area (Å²) in [5.74, 6) is 3.35. The van der Waals surface area contributed by atoms with Crippen LogP contribution < -0.4 is 0 Å². The van der Waals surface area contributed by atoms with E-state index < -0.39 is 0 Å². The maximum Gasteiger partial charge on any atom is 0.0596 e. The first-order valence-electron chi connectivity index (χ1n) is 2.51. The van der Waals surface area contributed by atoms with Crippen molar-refractivity contribution in [2.24, 2.45) is 0 Å². The molecule has 2 heteroatoms. The fraction of sp³-hybridized carbons (Fsp3) is 0.800. The molecule has 0 aliphatic carbocycles. The normalized spacial score (nSPS) is 24.0. The van der Waals surface area contributed by atoms with Gasteiger partial charge in [0.15, 0.2) is 0 Å². The molecule has 41 valence electrons. The molecule has 0 amide bonds. The molecular weight excluding hydrogens is 108 g/mol. The molecule has 1 fully saturated rings. The second kappa shape index (κ2) is 3.33. The Hall–Kier alpha value is 0.310. The predicted octanol–water partition coefficient (Wildman–Crippen LogP) is 1.30. The molecule has 0 unspecified atom stereocenters. The molecule has 0 atom stereocenters. The Morgan fingerprint density at radius 3 is 3.57 bits per heavy atom. The van der Waals surface area contributed by atoms with Crippen molar-refractivity contribution in [3.8, 4) is 0 Å². The van der Waals surface area contributed by atoms with Gasteiger partial charge in [0, 0.05) is 12.4 Å². The highest BCUT2D eigenvalue weighted by atomic mass is 32.2. The molecule has 0 N–H and O–H groups in total. The minimum atomic E-state index is 0.838. The van der Waals surface area contributed by atoms with Gasteiger partial charge in [0.2, 0.25) is 0 Å². The molecule has 0 aromatic heterocycles. The Morgan fingerprint density at radius 2 is 2.57 bits per heavy atom. The zero-order valence-electron chi connectivity index (χ0n) is 4.22. The average Bonchev–Trinajstić information content (AvgIpc) is 1.90. The second-order valence-electron chi connectivity index (χ2n) is 1.47. The second-order valence-corrected chi connectivity index (χ2v) is 2.54. The fourth-order valence-electron chi connectivity index (χ4n) is 0.507. The molecule has 7 heavy (non-hydrogen) atoms. The van der Waals surface area contributed by atoms with Gasteiger partial charge in [-0.25, -0.2) is 0 Å². The van der Waals surface area contributed by atoms with E-state index in [4.69, 9.17) is 4.74 Å². The van der Waals surface area contributed by atoms with Crippen LogP contribution in [0.15, 0.2) is 0 Å². The van der Waals surface area contributed by atoms with Gasteiger partial charge in [-0.15, -0.1) is 0 Å². The molecule has 0 aromatic rings. The molecule has 1 aliphatic rings. The molecule has 0 spiro atoms. The summed E-state index contributed by atoms with van der Waals surface area (Å²) < 4.78 is 5.12. The van der Waals surface area contributed by atoms with Crippen molar-refractivity contribution in [1.29, 1.82) is 0 Å². The third-order valence-corrected chi connectivity index (χ3v) is 1.75. The van der Waals surface area contributed by atoms with E-state index in [1.807, 2.05) is 11.8 Å². The smallest absolute Gasteiger partial charge is 0.0596 e. The minimum absolute atomic E-state index is 0.838. The Balaban J connectivity index is 2.04. The van der Waals surface area contributed by atoms with Crippen molar-refractivity contribution in [1.82, 2.24) is 0 Å². The average molecular weight is 117 g/mol. The van der Waals surface area contributed by atoms with Crippen molar-refractivity contribution in [2.45, 2.75) is 6.42 Å². The third kappa shape index (κ3) is 2.19. The van der Waals surface area contributed by atoms with Crippen molar-refractivity contribution in [2.75, 3.05) is 19.0 Å². The minimum Gasteiger partial charge on any atom is -0.380 e. The predicted molar refractivity (Wildman–Crippen MR) is 32.2 cm³/mol. The summed E-state index contributed by atoms with van der Waals surface area (Å²) in [5.41, 5.74) is 0. The highest BCUT2D eigenvalue weighted by Crippen LogP contribution is 2.10. The molecule has 1 heterocycles. The largest absolute Gasteiger partial charge is 0.380 e. The fourth-order valence-corrected chi connectivity index (χ4v) is 1.15. The lowest BCUT2D eigenvalue weighted by Crippen LogP contribution is -1.90. The van der Waals surface area contributed by atoms with Crippen LogP contribution in [0.2, 0.25) is 0 Å². The lowest BCUT2D eigenvalue weighted by atomic mass is 10.5. The van der Waals surface area contributed by atoms with Crippen LogP contribution >= 0.6 is 11.8 Å². The number of hydrogen-bond acceptors (Lipinski definition) is 2. The highest BCUT2D eigenvalue weighted by Gasteiger charge is 1.95. The molecule has 1 aliphatic heterocycles. The summed E-state index contributed by atoms with van der Waals surface area (Å²) in [7, 11) is 0. The highest BCUT2D eigenvalue weighted by molar-refractivity contribution is 8.01. The summed E-state index contributed by atoms with van der Waals surface area (Å²) in [6, 6.07) is 0. The van der Waals surface area contributed by atoms with Crippen LogP contribution in [0.1, 0.15) is 6.42 Å². The van der Waals surface area contributed by atoms with Gasteiger partial charge in [-0.3, -0.25) is 0 Å². The summed E-state index contributed by atoms with van der Waals surface area (Å²) in [4.78, 5) is 0. The molecule has 0 aromatic carbocycles. The maximum absolute atomic E-state index is 5.12. The van der Waals surface area contributed by atoms with Gasteiger partial charge in [0.1, 0.15) is 0 Å². The zero-order valence-corrected chi connectivity index (χ0v) is 5.04. The van der Waals surface area contributed by atoms with Crippen molar-refractivity contribution in [3.63, 3.8) is 0 Å². The lowest BCUT2D eigenvalue weighted by molar-refractivity contribution is 0.163. The van der Waals surface area contributed by atoms with Crippen LogP contribution in [0, 0.1) is 5.75 Å². The summed E-state index contributed by atoms with van der Waals surface area (Å²) >= 11 is 1.87. The Kier molecular flexibility index (Phi) is 2.59. The quantitative estimate of drug-likeness (QED) is 0.473. The third-order valence-electron chi connectivity index (χ3n) is 0.855. The standard InChI is InChI=1S/C5H9OS/c1-2-6-3-5-7-4-1/h5H,1-4H2. The number of hydrogen-bond donors (Lipinski definition) is 0. The summed E-state index contributed by atoms with van der Waals surface area (Å²) in [6.45, 7) is 1.79. The number of rotatable bonds is 0. The van der Waals surface area contributed by atoms with E-state index in [1.165, 1.54) is 12.2 Å². The van der Waals surface area contributed by atoms with Gasteiger partial charge in [-0.1, -0.05) is 0 Å². The maximum atomic E-state index is 5.12. The zero-order chi connectivity index (χ0) is 4.95. The van der Waals surface area contributed by atoms with E-state index in [2.05, 4.69) is 5.75 Å². The van der Waals surface area contributed by atoms with Crippen molar-refractivity contribution in [3.05, 3.63) is 5.75 Å². The molecule has 1 rings (SSSR count). The molecule has 0 bridgehead atoms. The number of thioether (sulfide) groups is 1. The monoisotopic (exact) mass is 117 g/mol. The van der Waals surface area contributed by atoms with Gasteiger partial charge in [-0.2, -0.15) is 11.8 Å². The first kappa shape index (κ1) is 5.45. The Morgan fingerprint density at radius 1 is 1.57 bits per heavy atom. The van der Waals surface area contributed by atoms with Crippen molar-refractivity contribution < 1.29 is 4.74 Å². The van der Waals surface area contributed by atoms with Crippen LogP contribution in [-0.2, 0) is 4.74 Å². The van der Waals surface area contributed by atoms with Gasteiger partial charge in [0.05, 0.1) is 6.61 Å². The SMILES string of the molecule is [CH]1COCCCS1. The molecular formula is C5H9OS. The molecule has 0 saturated carbocycles. The van der Waals surface area contributed by atoms with Crippen LogP contribution in [0.3, 0.4) is 0 Å². The van der Waals surface area contributed by atoms with Crippen LogP contribution in [-0.4, -0.2) is 19.0 Å². The van der Waals surface area contributed by atoms with Gasteiger partial charge in [-0.05, 0) is 12.2 Å². The first-order valence-corrected chi connectivity index (χ1v) is 3.56. The van der Waals surface area contributed by atoms with E-state index in [9.17, 15) is 0 Å². The first-order chi connectivity index (χ1) is 3.50. The van der Waals surface area contributed by atoms with Gasteiger partial charge >= 0.3 is 0 Å². The van der Waals surface area contributed by atoms with Gasteiger partial charge in [0.25, 0.3) is 0 Å². The Bertz CT molecular complexity index is 27.7. The molecule has 1 saturated heterocycles. The van der Waals surface area contributed by atoms with Gasteiger partial charge < -0.3 is 4.74 Å². The molecule has 1 nitrogen and oxygen atoms in total. The topological polar surface area (TPSA) is 9.23 Å². The molecule has 1 radical (unpaired) electrons. The Labute approximate surface area is 48.4 Å². The summed E-state index contributed by atoms with van der Waals surface area (Å²) in [5, 5.41) is 0. The van der Waals surface area contributed by atoms with E-state index in [-0.39, 0.29) is 0 Å². The van der Waals surface area contributed by atoms with Crippen LogP contribution in [0.5, 0.6) is 0 Å². The van der Waals surface area contributed by atoms with E-state index in [1.54, 1.807) is 0 Å². The number of ether oxygens (including phenoxy) is 1. The van der Waals surface area contributed by atoms with E-state index in [0.29, 0.717) is 0 Å². The summed E-state index contributed by atoms with van der Waals surface area (Å²) in [6.07, 6.45) is 1.21. The van der Waals surface area contributed by atoms with E-state index in [0.717, 1.165) is 13.2 Å². The van der Waals surface area contributed by atoms with Crippen LogP contribution in [0.4, 0.5) is 0 Å². The lowest BCUT2D eigenvalue weighted by Gasteiger charge is -1.90.